The first kappa shape index (κ1) is 16.3. The van der Waals surface area contributed by atoms with Crippen molar-refractivity contribution in [3.8, 4) is 5.75 Å². The number of aryl methyl sites for hydroxylation is 1. The van der Waals surface area contributed by atoms with Crippen LogP contribution in [0.4, 0.5) is 0 Å². The van der Waals surface area contributed by atoms with Gasteiger partial charge in [-0.2, -0.15) is 0 Å². The lowest BCUT2D eigenvalue weighted by Crippen LogP contribution is -2.45. The molecule has 0 bridgehead atoms. The molecule has 0 spiro atoms. The summed E-state index contributed by atoms with van der Waals surface area (Å²) in [4.78, 5) is 14.6. The topological polar surface area (TPSA) is 50.8 Å². The van der Waals surface area contributed by atoms with E-state index < -0.39 is 0 Å². The van der Waals surface area contributed by atoms with E-state index in [0.29, 0.717) is 6.04 Å². The van der Waals surface area contributed by atoms with Crippen molar-refractivity contribution in [1.82, 2.24) is 10.2 Å². The molecule has 1 amide bonds. The molecule has 0 aromatic heterocycles. The summed E-state index contributed by atoms with van der Waals surface area (Å²) in [5, 5.41) is 3.09. The normalized spacial score (nSPS) is 27.5. The molecular weight excluding hydrogens is 292 g/mol. The quantitative estimate of drug-likeness (QED) is 0.917. The van der Waals surface area contributed by atoms with E-state index in [9.17, 15) is 4.79 Å². The van der Waals surface area contributed by atoms with Gasteiger partial charge in [0.15, 0.2) is 6.61 Å². The minimum atomic E-state index is -0.0512. The molecule has 3 rings (SSSR count). The third-order valence-electron chi connectivity index (χ3n) is 4.87. The summed E-state index contributed by atoms with van der Waals surface area (Å²) in [6.07, 6.45) is 1.25. The summed E-state index contributed by atoms with van der Waals surface area (Å²) in [5.74, 6) is 0.732. The lowest BCUT2D eigenvalue weighted by Gasteiger charge is -2.33. The predicted octanol–water partition coefficient (Wildman–Crippen LogP) is 1.66. The van der Waals surface area contributed by atoms with Crippen LogP contribution in [-0.2, 0) is 9.53 Å². The third kappa shape index (κ3) is 3.85. The van der Waals surface area contributed by atoms with E-state index in [0.717, 1.165) is 37.4 Å². The minimum absolute atomic E-state index is 0.0512. The third-order valence-corrected chi connectivity index (χ3v) is 4.87. The van der Waals surface area contributed by atoms with Gasteiger partial charge in [-0.05, 0) is 44.4 Å². The molecule has 2 saturated heterocycles. The number of benzene rings is 1. The first-order valence-electron chi connectivity index (χ1n) is 8.37. The Morgan fingerprint density at radius 3 is 3.04 bits per heavy atom. The first-order chi connectivity index (χ1) is 11.0. The molecule has 5 heteroatoms. The maximum Gasteiger partial charge on any atom is 0.258 e. The molecule has 23 heavy (non-hydrogen) atoms. The molecule has 0 unspecified atom stereocenters. The van der Waals surface area contributed by atoms with Gasteiger partial charge < -0.3 is 14.8 Å². The number of fused-ring (bicyclic) bond motifs is 1. The van der Waals surface area contributed by atoms with Gasteiger partial charge >= 0.3 is 0 Å². The summed E-state index contributed by atoms with van der Waals surface area (Å²) >= 11 is 0. The van der Waals surface area contributed by atoms with Gasteiger partial charge in [-0.15, -0.1) is 0 Å². The van der Waals surface area contributed by atoms with Crippen LogP contribution in [-0.4, -0.2) is 55.3 Å². The monoisotopic (exact) mass is 318 g/mol. The van der Waals surface area contributed by atoms with Crippen LogP contribution in [0.3, 0.4) is 0 Å². The zero-order valence-electron chi connectivity index (χ0n) is 14.2. The van der Waals surface area contributed by atoms with Crippen molar-refractivity contribution in [3.63, 3.8) is 0 Å². The molecule has 0 radical (unpaired) electrons. The maximum atomic E-state index is 12.2. The van der Waals surface area contributed by atoms with E-state index in [4.69, 9.17) is 9.47 Å². The Balaban J connectivity index is 1.48. The Labute approximate surface area is 137 Å². The Kier molecular flexibility index (Phi) is 4.87. The first-order valence-corrected chi connectivity index (χ1v) is 8.37. The fraction of sp³-hybridized carbons (Fsp3) is 0.611. The van der Waals surface area contributed by atoms with Gasteiger partial charge in [-0.25, -0.2) is 0 Å². The van der Waals surface area contributed by atoms with Gasteiger partial charge in [-0.3, -0.25) is 9.69 Å². The van der Waals surface area contributed by atoms with E-state index in [1.165, 1.54) is 5.56 Å². The summed E-state index contributed by atoms with van der Waals surface area (Å²) in [7, 11) is 0. The van der Waals surface area contributed by atoms with Crippen LogP contribution in [0.5, 0.6) is 5.75 Å². The van der Waals surface area contributed by atoms with Gasteiger partial charge in [0.25, 0.3) is 5.91 Å². The van der Waals surface area contributed by atoms with Gasteiger partial charge in [-0.1, -0.05) is 12.1 Å². The number of ether oxygens (including phenoxy) is 2. The molecule has 1 N–H and O–H groups in total. The highest BCUT2D eigenvalue weighted by atomic mass is 16.5. The zero-order valence-corrected chi connectivity index (χ0v) is 14.2. The molecule has 1 aromatic carbocycles. The molecule has 0 saturated carbocycles. The highest BCUT2D eigenvalue weighted by molar-refractivity contribution is 5.78. The smallest absolute Gasteiger partial charge is 0.258 e. The number of amides is 1. The number of carbonyl (C=O) groups is 1. The fourth-order valence-corrected chi connectivity index (χ4v) is 3.44. The van der Waals surface area contributed by atoms with Crippen molar-refractivity contribution >= 4 is 5.91 Å². The largest absolute Gasteiger partial charge is 0.483 e. The molecule has 3 atom stereocenters. The molecular formula is C18H26N2O3. The van der Waals surface area contributed by atoms with Gasteiger partial charge in [0.05, 0.1) is 12.7 Å². The van der Waals surface area contributed by atoms with Crippen LogP contribution in [0.2, 0.25) is 0 Å². The van der Waals surface area contributed by atoms with Gasteiger partial charge in [0.1, 0.15) is 5.75 Å². The lowest BCUT2D eigenvalue weighted by atomic mass is 10.1. The molecule has 2 fully saturated rings. The summed E-state index contributed by atoms with van der Waals surface area (Å²) in [5.41, 5.74) is 2.26. The number of hydrogen-bond acceptors (Lipinski definition) is 4. The molecule has 2 aliphatic rings. The Hall–Kier alpha value is -1.59. The van der Waals surface area contributed by atoms with E-state index in [1.54, 1.807) is 0 Å². The van der Waals surface area contributed by atoms with Gasteiger partial charge in [0, 0.05) is 25.2 Å². The molecule has 126 valence electrons. The van der Waals surface area contributed by atoms with Crippen molar-refractivity contribution in [2.24, 2.45) is 0 Å². The number of carbonyl (C=O) groups excluding carboxylic acids is 1. The lowest BCUT2D eigenvalue weighted by molar-refractivity contribution is -0.123. The minimum Gasteiger partial charge on any atom is -0.483 e. The van der Waals surface area contributed by atoms with Crippen molar-refractivity contribution in [1.29, 1.82) is 0 Å². The second-order valence-electron chi connectivity index (χ2n) is 6.74. The van der Waals surface area contributed by atoms with Crippen LogP contribution in [0.1, 0.15) is 24.5 Å². The van der Waals surface area contributed by atoms with Crippen LogP contribution < -0.4 is 10.1 Å². The fourth-order valence-electron chi connectivity index (χ4n) is 3.44. The predicted molar refractivity (Wildman–Crippen MR) is 88.7 cm³/mol. The van der Waals surface area contributed by atoms with E-state index in [2.05, 4.69) is 17.1 Å². The molecule has 0 aliphatic carbocycles. The summed E-state index contributed by atoms with van der Waals surface area (Å²) in [6, 6.07) is 6.54. The van der Waals surface area contributed by atoms with Gasteiger partial charge in [0.2, 0.25) is 0 Å². The standard InChI is InChI=1S/C18H26N2O3/c1-12-5-4-6-17(14(12)3)23-11-18(21)19-15-7-16-10-22-13(2)8-20(16)9-15/h4-6,13,15-16H,7-11H2,1-3H3,(H,19,21)/t13-,15-,16-/m0/s1. The van der Waals surface area contributed by atoms with Crippen molar-refractivity contribution in [3.05, 3.63) is 29.3 Å². The summed E-state index contributed by atoms with van der Waals surface area (Å²) < 4.78 is 11.4. The second kappa shape index (κ2) is 6.89. The zero-order chi connectivity index (χ0) is 16.4. The molecule has 2 heterocycles. The van der Waals surface area contributed by atoms with Crippen LogP contribution in [0.15, 0.2) is 18.2 Å². The average molecular weight is 318 g/mol. The van der Waals surface area contributed by atoms with Crippen molar-refractivity contribution in [2.75, 3.05) is 26.3 Å². The maximum absolute atomic E-state index is 12.2. The second-order valence-corrected chi connectivity index (χ2v) is 6.74. The van der Waals surface area contributed by atoms with E-state index >= 15 is 0 Å². The Bertz CT molecular complexity index is 575. The van der Waals surface area contributed by atoms with Crippen molar-refractivity contribution in [2.45, 2.75) is 45.4 Å². The molecule has 1 aromatic rings. The van der Waals surface area contributed by atoms with Crippen LogP contribution in [0.25, 0.3) is 0 Å². The van der Waals surface area contributed by atoms with E-state index in [-0.39, 0.29) is 24.7 Å². The number of rotatable bonds is 4. The number of nitrogens with one attached hydrogen (secondary N) is 1. The number of hydrogen-bond donors (Lipinski definition) is 1. The molecule has 5 nitrogen and oxygen atoms in total. The highest BCUT2D eigenvalue weighted by Crippen LogP contribution is 2.23. The number of morpholine rings is 1. The van der Waals surface area contributed by atoms with Crippen LogP contribution >= 0.6 is 0 Å². The van der Waals surface area contributed by atoms with E-state index in [1.807, 2.05) is 32.0 Å². The van der Waals surface area contributed by atoms with Crippen LogP contribution in [0, 0.1) is 13.8 Å². The Morgan fingerprint density at radius 2 is 2.22 bits per heavy atom. The van der Waals surface area contributed by atoms with Crippen molar-refractivity contribution < 1.29 is 14.3 Å². The summed E-state index contributed by atoms with van der Waals surface area (Å²) in [6.45, 7) is 8.85. The molecule has 2 aliphatic heterocycles. The highest BCUT2D eigenvalue weighted by Gasteiger charge is 2.36. The Morgan fingerprint density at radius 1 is 1.39 bits per heavy atom. The average Bonchev–Trinajstić information content (AvgIpc) is 2.90. The number of nitrogens with zero attached hydrogens (tertiary/aromatic N) is 1. The SMILES string of the molecule is Cc1cccc(OCC(=O)N[C@H]2C[C@H]3CO[C@@H](C)CN3C2)c1C.